The van der Waals surface area contributed by atoms with E-state index < -0.39 is 23.3 Å². The van der Waals surface area contributed by atoms with E-state index in [-0.39, 0.29) is 11.5 Å². The van der Waals surface area contributed by atoms with Crippen LogP contribution in [-0.4, -0.2) is 11.1 Å². The summed E-state index contributed by atoms with van der Waals surface area (Å²) < 4.78 is 44.7. The Kier molecular flexibility index (Phi) is 3.65. The van der Waals surface area contributed by atoms with E-state index in [1.165, 1.54) is 24.3 Å². The number of halogens is 3. The second kappa shape index (κ2) is 5.24. The van der Waals surface area contributed by atoms with E-state index in [4.69, 9.17) is 9.84 Å². The van der Waals surface area contributed by atoms with E-state index in [0.717, 1.165) is 24.3 Å². The highest BCUT2D eigenvalue weighted by Crippen LogP contribution is 2.32. The zero-order valence-corrected chi connectivity index (χ0v) is 10.0. The summed E-state index contributed by atoms with van der Waals surface area (Å²) in [5.74, 6) is -6.40. The van der Waals surface area contributed by atoms with Gasteiger partial charge in [-0.25, -0.2) is 9.18 Å². The lowest BCUT2D eigenvalue weighted by atomic mass is 10.1. The Bertz CT molecular complexity index is 624. The van der Waals surface area contributed by atoms with Crippen molar-refractivity contribution in [2.24, 2.45) is 0 Å². The monoisotopic (exact) mass is 282 g/mol. The van der Waals surface area contributed by atoms with Gasteiger partial charge in [0.15, 0.2) is 0 Å². The van der Waals surface area contributed by atoms with Crippen LogP contribution in [0.5, 0.6) is 11.5 Å². The first-order valence-electron chi connectivity index (χ1n) is 5.55. The smallest absolute Gasteiger partial charge is 0.379 e. The quantitative estimate of drug-likeness (QED) is 0.927. The van der Waals surface area contributed by atoms with Gasteiger partial charge in [0.05, 0.1) is 0 Å². The Hall–Kier alpha value is -2.50. The number of carboxylic acids is 1. The summed E-state index contributed by atoms with van der Waals surface area (Å²) in [6, 6.07) is 9.55. The Morgan fingerprint density at radius 2 is 1.70 bits per heavy atom. The van der Waals surface area contributed by atoms with Crippen LogP contribution in [-0.2, 0) is 10.7 Å². The summed E-state index contributed by atoms with van der Waals surface area (Å²) in [4.78, 5) is 10.5. The topological polar surface area (TPSA) is 46.5 Å². The number of carboxylic acid groups (broad SMARTS) is 1. The molecule has 0 radical (unpaired) electrons. The maximum absolute atomic E-state index is 13.3. The van der Waals surface area contributed by atoms with Crippen LogP contribution in [0, 0.1) is 5.82 Å². The highest BCUT2D eigenvalue weighted by molar-refractivity contribution is 5.77. The summed E-state index contributed by atoms with van der Waals surface area (Å²) in [5.41, 5.74) is -0.690. The molecule has 104 valence electrons. The van der Waals surface area contributed by atoms with Crippen LogP contribution in [0.15, 0.2) is 48.5 Å². The normalized spacial score (nSPS) is 11.2. The van der Waals surface area contributed by atoms with Crippen LogP contribution < -0.4 is 4.74 Å². The molecule has 0 amide bonds. The van der Waals surface area contributed by atoms with E-state index in [9.17, 15) is 18.0 Å². The van der Waals surface area contributed by atoms with Crippen LogP contribution in [0.4, 0.5) is 13.2 Å². The molecule has 0 fully saturated rings. The van der Waals surface area contributed by atoms with Gasteiger partial charge in [-0.2, -0.15) is 8.78 Å². The molecular weight excluding hydrogens is 273 g/mol. The third-order valence-corrected chi connectivity index (χ3v) is 2.51. The zero-order chi connectivity index (χ0) is 14.8. The van der Waals surface area contributed by atoms with E-state index in [0.29, 0.717) is 0 Å². The van der Waals surface area contributed by atoms with E-state index >= 15 is 0 Å². The molecule has 1 N–H and O–H groups in total. The number of hydrogen-bond acceptors (Lipinski definition) is 2. The van der Waals surface area contributed by atoms with E-state index in [1.54, 1.807) is 0 Å². The van der Waals surface area contributed by atoms with Gasteiger partial charge in [0.1, 0.15) is 17.3 Å². The lowest BCUT2D eigenvalue weighted by Crippen LogP contribution is -2.25. The third-order valence-electron chi connectivity index (χ3n) is 2.51. The largest absolute Gasteiger partial charge is 0.477 e. The number of benzene rings is 2. The molecule has 0 aliphatic carbocycles. The van der Waals surface area contributed by atoms with Crippen LogP contribution in [0.25, 0.3) is 0 Å². The first-order valence-corrected chi connectivity index (χ1v) is 5.55. The van der Waals surface area contributed by atoms with Gasteiger partial charge in [-0.3, -0.25) is 0 Å². The fourth-order valence-electron chi connectivity index (χ4n) is 1.52. The Morgan fingerprint density at radius 1 is 1.05 bits per heavy atom. The van der Waals surface area contributed by atoms with Crippen LogP contribution in [0.3, 0.4) is 0 Å². The number of carbonyl (C=O) groups is 1. The lowest BCUT2D eigenvalue weighted by Gasteiger charge is -2.13. The van der Waals surface area contributed by atoms with Crippen molar-refractivity contribution in [1.82, 2.24) is 0 Å². The molecule has 0 saturated carbocycles. The first kappa shape index (κ1) is 13.9. The predicted octanol–water partition coefficient (Wildman–Crippen LogP) is 3.79. The Balaban J connectivity index is 2.26. The molecule has 2 aromatic rings. The number of hydrogen-bond donors (Lipinski definition) is 1. The summed E-state index contributed by atoms with van der Waals surface area (Å²) in [6.45, 7) is 0. The van der Waals surface area contributed by atoms with Crippen LogP contribution in [0.2, 0.25) is 0 Å². The highest BCUT2D eigenvalue weighted by Gasteiger charge is 2.41. The minimum Gasteiger partial charge on any atom is -0.477 e. The van der Waals surface area contributed by atoms with Gasteiger partial charge in [0.25, 0.3) is 0 Å². The SMILES string of the molecule is O=C(O)C(F)(F)c1cccc(Oc2ccc(F)cc2)c1. The molecule has 20 heavy (non-hydrogen) atoms. The maximum atomic E-state index is 13.3. The maximum Gasteiger partial charge on any atom is 0.379 e. The van der Waals surface area contributed by atoms with Crippen molar-refractivity contribution in [3.05, 3.63) is 59.9 Å². The number of alkyl halides is 2. The Labute approximate surface area is 112 Å². The van der Waals surface area contributed by atoms with Crippen molar-refractivity contribution in [3.63, 3.8) is 0 Å². The average molecular weight is 282 g/mol. The van der Waals surface area contributed by atoms with Crippen molar-refractivity contribution in [2.45, 2.75) is 5.92 Å². The van der Waals surface area contributed by atoms with Gasteiger partial charge >= 0.3 is 11.9 Å². The third kappa shape index (κ3) is 2.90. The summed E-state index contributed by atoms with van der Waals surface area (Å²) in [6.07, 6.45) is 0. The standard InChI is InChI=1S/C14H9F3O3/c15-10-4-6-11(7-5-10)20-12-3-1-2-9(8-12)14(16,17)13(18)19/h1-8H,(H,18,19). The fourth-order valence-corrected chi connectivity index (χ4v) is 1.52. The molecule has 0 aliphatic rings. The molecule has 0 atom stereocenters. The van der Waals surface area contributed by atoms with Gasteiger partial charge in [-0.1, -0.05) is 12.1 Å². The summed E-state index contributed by atoms with van der Waals surface area (Å²) in [7, 11) is 0. The molecule has 0 aliphatic heterocycles. The molecule has 0 heterocycles. The molecule has 0 bridgehead atoms. The van der Waals surface area contributed by atoms with Crippen molar-refractivity contribution in [3.8, 4) is 11.5 Å². The molecule has 0 spiro atoms. The van der Waals surface area contributed by atoms with Crippen LogP contribution in [0.1, 0.15) is 5.56 Å². The highest BCUT2D eigenvalue weighted by atomic mass is 19.3. The second-order valence-electron chi connectivity index (χ2n) is 3.96. The molecule has 2 aromatic carbocycles. The van der Waals surface area contributed by atoms with Gasteiger partial charge in [0.2, 0.25) is 0 Å². The number of aliphatic carboxylic acids is 1. The van der Waals surface area contributed by atoms with Crippen molar-refractivity contribution >= 4 is 5.97 Å². The number of ether oxygens (including phenoxy) is 1. The van der Waals surface area contributed by atoms with Crippen molar-refractivity contribution in [2.75, 3.05) is 0 Å². The van der Waals surface area contributed by atoms with Crippen LogP contribution >= 0.6 is 0 Å². The van der Waals surface area contributed by atoms with Crippen molar-refractivity contribution in [1.29, 1.82) is 0 Å². The molecule has 2 rings (SSSR count). The Morgan fingerprint density at radius 3 is 2.30 bits per heavy atom. The molecule has 0 saturated heterocycles. The van der Waals surface area contributed by atoms with Crippen molar-refractivity contribution < 1.29 is 27.8 Å². The zero-order valence-electron chi connectivity index (χ0n) is 10.0. The molecular formula is C14H9F3O3. The molecule has 6 heteroatoms. The van der Waals surface area contributed by atoms with Gasteiger partial charge < -0.3 is 9.84 Å². The summed E-state index contributed by atoms with van der Waals surface area (Å²) in [5, 5.41) is 8.47. The predicted molar refractivity (Wildman–Crippen MR) is 64.4 cm³/mol. The van der Waals surface area contributed by atoms with Gasteiger partial charge in [-0.15, -0.1) is 0 Å². The average Bonchev–Trinajstić information content (AvgIpc) is 2.41. The minimum atomic E-state index is -4.00. The lowest BCUT2D eigenvalue weighted by molar-refractivity contribution is -0.166. The first-order chi connectivity index (χ1) is 9.39. The van der Waals surface area contributed by atoms with Gasteiger partial charge in [-0.05, 0) is 36.4 Å². The number of rotatable bonds is 4. The molecule has 0 aromatic heterocycles. The molecule has 0 unspecified atom stereocenters. The minimum absolute atomic E-state index is 0.0371. The molecule has 3 nitrogen and oxygen atoms in total. The van der Waals surface area contributed by atoms with Gasteiger partial charge in [0, 0.05) is 5.56 Å². The fraction of sp³-hybridized carbons (Fsp3) is 0.0714. The van der Waals surface area contributed by atoms with E-state index in [1.807, 2.05) is 0 Å². The summed E-state index contributed by atoms with van der Waals surface area (Å²) >= 11 is 0. The second-order valence-corrected chi connectivity index (χ2v) is 3.96. The van der Waals surface area contributed by atoms with E-state index in [2.05, 4.69) is 0 Å².